The Balaban J connectivity index is 0.00000529. The molecule has 4 heteroatoms. The van der Waals surface area contributed by atoms with Crippen LogP contribution in [0.25, 0.3) is 0 Å². The first-order chi connectivity index (χ1) is 11.0. The zero-order valence-electron chi connectivity index (χ0n) is 15.4. The number of carbonyl (C=O) groups excluding carboxylic acids is 1. The highest BCUT2D eigenvalue weighted by molar-refractivity contribution is 5.86. The van der Waals surface area contributed by atoms with Gasteiger partial charge in [0.25, 0.3) is 0 Å². The molecule has 0 spiro atoms. The fourth-order valence-corrected chi connectivity index (χ4v) is 3.18. The van der Waals surface area contributed by atoms with Crippen LogP contribution in [-0.2, 0) is 16.1 Å². The van der Waals surface area contributed by atoms with Crippen molar-refractivity contribution in [2.45, 2.75) is 46.6 Å². The van der Waals surface area contributed by atoms with E-state index in [0.717, 1.165) is 37.1 Å². The summed E-state index contributed by atoms with van der Waals surface area (Å²) < 4.78 is 6.33. The van der Waals surface area contributed by atoms with Gasteiger partial charge >= 0.3 is 5.97 Å². The SMILES string of the molecule is C=C(C)C(=O)OCCC[N+](CCC)(CCC)Cc1ccccc1.[Cl-]. The van der Waals surface area contributed by atoms with E-state index in [-0.39, 0.29) is 18.4 Å². The van der Waals surface area contributed by atoms with Crippen molar-refractivity contribution in [1.82, 2.24) is 0 Å². The second-order valence-electron chi connectivity index (χ2n) is 6.43. The van der Waals surface area contributed by atoms with Crippen LogP contribution in [0, 0.1) is 0 Å². The van der Waals surface area contributed by atoms with Crippen molar-refractivity contribution >= 4 is 5.97 Å². The number of halogens is 1. The van der Waals surface area contributed by atoms with Gasteiger partial charge in [-0.3, -0.25) is 0 Å². The molecule has 0 saturated heterocycles. The van der Waals surface area contributed by atoms with E-state index in [1.54, 1.807) is 6.92 Å². The molecule has 0 unspecified atom stereocenters. The van der Waals surface area contributed by atoms with Crippen LogP contribution in [0.1, 0.15) is 45.6 Å². The van der Waals surface area contributed by atoms with E-state index in [1.807, 2.05) is 0 Å². The van der Waals surface area contributed by atoms with Crippen LogP contribution < -0.4 is 12.4 Å². The van der Waals surface area contributed by atoms with E-state index < -0.39 is 0 Å². The summed E-state index contributed by atoms with van der Waals surface area (Å²) in [6.45, 7) is 14.7. The van der Waals surface area contributed by atoms with Gasteiger partial charge in [-0.1, -0.05) is 50.8 Å². The molecule has 136 valence electrons. The van der Waals surface area contributed by atoms with Crippen molar-refractivity contribution in [2.75, 3.05) is 26.2 Å². The van der Waals surface area contributed by atoms with Gasteiger partial charge in [-0.15, -0.1) is 0 Å². The number of nitrogens with zero attached hydrogens (tertiary/aromatic N) is 1. The van der Waals surface area contributed by atoms with Crippen LogP contribution in [0.5, 0.6) is 0 Å². The first-order valence-electron chi connectivity index (χ1n) is 8.74. The summed E-state index contributed by atoms with van der Waals surface area (Å²) in [5.41, 5.74) is 1.85. The molecule has 0 saturated carbocycles. The number of benzene rings is 1. The predicted octanol–water partition coefficient (Wildman–Crippen LogP) is 1.34. The minimum Gasteiger partial charge on any atom is -1.00 e. The topological polar surface area (TPSA) is 26.3 Å². The van der Waals surface area contributed by atoms with Crippen molar-refractivity contribution in [1.29, 1.82) is 0 Å². The Kier molecular flexibility index (Phi) is 11.4. The molecule has 1 aromatic carbocycles. The molecule has 0 fully saturated rings. The molecule has 1 rings (SSSR count). The van der Waals surface area contributed by atoms with Crippen molar-refractivity contribution in [3.8, 4) is 0 Å². The first-order valence-corrected chi connectivity index (χ1v) is 8.74. The highest BCUT2D eigenvalue weighted by Crippen LogP contribution is 2.18. The second-order valence-corrected chi connectivity index (χ2v) is 6.43. The van der Waals surface area contributed by atoms with Crippen LogP contribution in [0.3, 0.4) is 0 Å². The average Bonchev–Trinajstić information content (AvgIpc) is 2.52. The van der Waals surface area contributed by atoms with Crippen molar-refractivity contribution < 1.29 is 26.4 Å². The van der Waals surface area contributed by atoms with Gasteiger partial charge in [0.15, 0.2) is 0 Å². The van der Waals surface area contributed by atoms with Crippen LogP contribution >= 0.6 is 0 Å². The van der Waals surface area contributed by atoms with Crippen LogP contribution in [0.2, 0.25) is 0 Å². The fourth-order valence-electron chi connectivity index (χ4n) is 3.18. The highest BCUT2D eigenvalue weighted by atomic mass is 35.5. The van der Waals surface area contributed by atoms with Crippen LogP contribution in [0.4, 0.5) is 0 Å². The highest BCUT2D eigenvalue weighted by Gasteiger charge is 2.25. The van der Waals surface area contributed by atoms with E-state index in [9.17, 15) is 4.79 Å². The molecule has 0 aromatic heterocycles. The van der Waals surface area contributed by atoms with E-state index in [1.165, 1.54) is 18.4 Å². The van der Waals surface area contributed by atoms with E-state index in [0.29, 0.717) is 12.2 Å². The van der Waals surface area contributed by atoms with Gasteiger partial charge < -0.3 is 21.6 Å². The molecule has 0 atom stereocenters. The Labute approximate surface area is 153 Å². The maximum Gasteiger partial charge on any atom is 0.333 e. The molecule has 0 bridgehead atoms. The largest absolute Gasteiger partial charge is 1.00 e. The number of ether oxygens (including phenoxy) is 1. The third kappa shape index (κ3) is 7.98. The molecule has 0 aliphatic carbocycles. The zero-order chi connectivity index (χ0) is 17.1. The Morgan fingerprint density at radius 1 is 1.08 bits per heavy atom. The number of rotatable bonds is 11. The second kappa shape index (κ2) is 12.1. The van der Waals surface area contributed by atoms with Gasteiger partial charge in [-0.05, 0) is 19.8 Å². The molecule has 0 heterocycles. The molecule has 3 nitrogen and oxygen atoms in total. The van der Waals surface area contributed by atoms with Gasteiger partial charge in [0.2, 0.25) is 0 Å². The van der Waals surface area contributed by atoms with Crippen molar-refractivity contribution in [2.24, 2.45) is 0 Å². The summed E-state index contributed by atoms with van der Waals surface area (Å²) >= 11 is 0. The molecule has 24 heavy (non-hydrogen) atoms. The molecule has 0 amide bonds. The van der Waals surface area contributed by atoms with Gasteiger partial charge in [0.05, 0.1) is 26.2 Å². The smallest absolute Gasteiger partial charge is 0.333 e. The molecular weight excluding hydrogens is 322 g/mol. The molecule has 0 aliphatic rings. The molecular formula is C20H32ClNO2. The van der Waals surface area contributed by atoms with E-state index in [2.05, 4.69) is 50.8 Å². The normalized spacial score (nSPS) is 10.8. The third-order valence-electron chi connectivity index (χ3n) is 4.12. The number of hydrogen-bond acceptors (Lipinski definition) is 2. The monoisotopic (exact) mass is 353 g/mol. The number of quaternary nitrogens is 1. The third-order valence-corrected chi connectivity index (χ3v) is 4.12. The molecule has 1 aromatic rings. The van der Waals surface area contributed by atoms with Gasteiger partial charge in [0, 0.05) is 17.6 Å². The average molecular weight is 354 g/mol. The lowest BCUT2D eigenvalue weighted by molar-refractivity contribution is -0.941. The molecule has 0 aliphatic heterocycles. The Morgan fingerprint density at radius 3 is 2.17 bits per heavy atom. The van der Waals surface area contributed by atoms with E-state index >= 15 is 0 Å². The lowest BCUT2D eigenvalue weighted by Gasteiger charge is -2.39. The van der Waals surface area contributed by atoms with Crippen molar-refractivity contribution in [3.05, 3.63) is 48.0 Å². The van der Waals surface area contributed by atoms with Crippen molar-refractivity contribution in [3.63, 3.8) is 0 Å². The Bertz CT molecular complexity index is 482. The summed E-state index contributed by atoms with van der Waals surface area (Å²) in [5.74, 6) is -0.280. The minimum atomic E-state index is -0.280. The minimum absolute atomic E-state index is 0. The maximum absolute atomic E-state index is 11.5. The summed E-state index contributed by atoms with van der Waals surface area (Å²) in [6, 6.07) is 10.7. The van der Waals surface area contributed by atoms with Crippen LogP contribution in [-0.4, -0.2) is 36.7 Å². The summed E-state index contributed by atoms with van der Waals surface area (Å²) in [4.78, 5) is 11.5. The summed E-state index contributed by atoms with van der Waals surface area (Å²) in [7, 11) is 0. The summed E-state index contributed by atoms with van der Waals surface area (Å²) in [6.07, 6.45) is 3.22. The maximum atomic E-state index is 11.5. The van der Waals surface area contributed by atoms with E-state index in [4.69, 9.17) is 4.74 Å². The molecule has 0 N–H and O–H groups in total. The summed E-state index contributed by atoms with van der Waals surface area (Å²) in [5, 5.41) is 0. The fraction of sp³-hybridized carbons (Fsp3) is 0.550. The number of hydrogen-bond donors (Lipinski definition) is 0. The lowest BCUT2D eigenvalue weighted by Crippen LogP contribution is -3.00. The Morgan fingerprint density at radius 2 is 1.67 bits per heavy atom. The lowest BCUT2D eigenvalue weighted by atomic mass is 10.1. The van der Waals surface area contributed by atoms with Crippen LogP contribution in [0.15, 0.2) is 42.5 Å². The Hall–Kier alpha value is -1.32. The van der Waals surface area contributed by atoms with Gasteiger partial charge in [-0.25, -0.2) is 4.79 Å². The predicted molar refractivity (Wildman–Crippen MR) is 96.0 cm³/mol. The number of esters is 1. The quantitative estimate of drug-likeness (QED) is 0.260. The van der Waals surface area contributed by atoms with Gasteiger partial charge in [-0.2, -0.15) is 0 Å². The molecule has 0 radical (unpaired) electrons. The number of carbonyl (C=O) groups is 1. The standard InChI is InChI=1S/C20H32NO2.ClH/c1-5-13-21(14-6-2,17-19-11-8-7-9-12-19)15-10-16-23-20(22)18(3)4;/h7-9,11-12H,3,5-6,10,13-17H2,1-2,4H3;1H/q+1;/p-1. The van der Waals surface area contributed by atoms with Gasteiger partial charge in [0.1, 0.15) is 6.54 Å². The first kappa shape index (κ1) is 22.7. The zero-order valence-corrected chi connectivity index (χ0v) is 16.1.